The molecule has 7 heteroatoms. The molecule has 1 saturated carbocycles. The Kier molecular flexibility index (Phi) is 2.42. The van der Waals surface area contributed by atoms with Gasteiger partial charge in [-0.2, -0.15) is 0 Å². The summed E-state index contributed by atoms with van der Waals surface area (Å²) in [6.45, 7) is 1.88. The quantitative estimate of drug-likeness (QED) is 0.868. The number of rotatable bonds is 3. The Bertz CT molecular complexity index is 812. The molecule has 3 rings (SSSR count). The summed E-state index contributed by atoms with van der Waals surface area (Å²) < 4.78 is 28.6. The fraction of sp³-hybridized carbons (Fsp3) is 0.417. The molecular formula is C12H15N3O3S. The molecule has 1 aliphatic carbocycles. The molecule has 1 heterocycles. The first-order chi connectivity index (χ1) is 8.81. The van der Waals surface area contributed by atoms with Gasteiger partial charge in [-0.25, -0.2) is 17.9 Å². The molecule has 0 amide bonds. The van der Waals surface area contributed by atoms with Gasteiger partial charge in [-0.3, -0.25) is 4.57 Å². The summed E-state index contributed by atoms with van der Waals surface area (Å²) in [5, 5.41) is 0. The lowest BCUT2D eigenvalue weighted by Gasteiger charge is -2.12. The minimum atomic E-state index is -3.53. The molecule has 1 aromatic heterocycles. The third kappa shape index (κ3) is 2.08. The molecule has 102 valence electrons. The number of nitrogens with one attached hydrogen (secondary N) is 2. The van der Waals surface area contributed by atoms with Crippen LogP contribution in [0.3, 0.4) is 0 Å². The maximum atomic E-state index is 12.2. The Hall–Kier alpha value is -1.60. The number of benzene rings is 1. The van der Waals surface area contributed by atoms with Crippen LogP contribution in [0.5, 0.6) is 0 Å². The van der Waals surface area contributed by atoms with Gasteiger partial charge in [-0.1, -0.05) is 0 Å². The number of aromatic amines is 1. The van der Waals surface area contributed by atoms with Crippen molar-refractivity contribution >= 4 is 21.1 Å². The first kappa shape index (κ1) is 12.4. The average molecular weight is 281 g/mol. The molecule has 1 aromatic carbocycles. The molecule has 1 aliphatic rings. The molecule has 0 saturated heterocycles. The van der Waals surface area contributed by atoms with Crippen molar-refractivity contribution in [2.24, 2.45) is 7.05 Å². The zero-order chi connectivity index (χ0) is 13.8. The molecular weight excluding hydrogens is 266 g/mol. The summed E-state index contributed by atoms with van der Waals surface area (Å²) in [6, 6.07) is 4.64. The molecule has 2 N–H and O–H groups in total. The van der Waals surface area contributed by atoms with Crippen LogP contribution in [0.25, 0.3) is 11.0 Å². The van der Waals surface area contributed by atoms with Gasteiger partial charge in [0.2, 0.25) is 10.0 Å². The summed E-state index contributed by atoms with van der Waals surface area (Å²) >= 11 is 0. The molecule has 19 heavy (non-hydrogen) atoms. The van der Waals surface area contributed by atoms with Crippen molar-refractivity contribution in [2.45, 2.75) is 30.2 Å². The Morgan fingerprint density at radius 1 is 1.37 bits per heavy atom. The van der Waals surface area contributed by atoms with Gasteiger partial charge in [0.15, 0.2) is 0 Å². The van der Waals surface area contributed by atoms with Crippen LogP contribution >= 0.6 is 0 Å². The average Bonchev–Trinajstić information content (AvgIpc) is 2.96. The first-order valence-corrected chi connectivity index (χ1v) is 7.52. The number of imidazole rings is 1. The monoisotopic (exact) mass is 281 g/mol. The van der Waals surface area contributed by atoms with Gasteiger partial charge in [0.25, 0.3) is 0 Å². The lowest BCUT2D eigenvalue weighted by Crippen LogP contribution is -2.34. The normalized spacial score (nSPS) is 17.8. The topological polar surface area (TPSA) is 84.0 Å². The third-order valence-electron chi connectivity index (χ3n) is 3.57. The minimum Gasteiger partial charge on any atom is -0.306 e. The van der Waals surface area contributed by atoms with Crippen molar-refractivity contribution in [3.05, 3.63) is 28.7 Å². The minimum absolute atomic E-state index is 0.176. The fourth-order valence-electron chi connectivity index (χ4n) is 2.06. The summed E-state index contributed by atoms with van der Waals surface area (Å²) in [7, 11) is -1.89. The van der Waals surface area contributed by atoms with Crippen LogP contribution in [0.4, 0.5) is 0 Å². The predicted molar refractivity (Wildman–Crippen MR) is 71.5 cm³/mol. The van der Waals surface area contributed by atoms with E-state index in [1.807, 2.05) is 6.92 Å². The van der Waals surface area contributed by atoms with Gasteiger partial charge < -0.3 is 4.98 Å². The van der Waals surface area contributed by atoms with E-state index in [1.54, 1.807) is 13.1 Å². The van der Waals surface area contributed by atoms with Crippen molar-refractivity contribution in [2.75, 3.05) is 0 Å². The predicted octanol–water partition coefficient (Wildman–Crippen LogP) is 0.697. The van der Waals surface area contributed by atoms with Crippen molar-refractivity contribution < 1.29 is 8.42 Å². The van der Waals surface area contributed by atoms with Crippen LogP contribution in [-0.4, -0.2) is 23.5 Å². The van der Waals surface area contributed by atoms with Crippen LogP contribution in [-0.2, 0) is 17.1 Å². The molecule has 6 nitrogen and oxygen atoms in total. The summed E-state index contributed by atoms with van der Waals surface area (Å²) in [4.78, 5) is 14.3. The van der Waals surface area contributed by atoms with E-state index in [2.05, 4.69) is 9.71 Å². The number of nitrogens with zero attached hydrogens (tertiary/aromatic N) is 1. The number of aryl methyl sites for hydroxylation is 1. The number of fused-ring (bicyclic) bond motifs is 1. The molecule has 1 fully saturated rings. The number of hydrogen-bond donors (Lipinski definition) is 2. The smallest absolute Gasteiger partial charge is 0.306 e. The highest BCUT2D eigenvalue weighted by Crippen LogP contribution is 2.36. The van der Waals surface area contributed by atoms with Gasteiger partial charge in [0, 0.05) is 12.6 Å². The first-order valence-electron chi connectivity index (χ1n) is 6.04. The second-order valence-corrected chi connectivity index (χ2v) is 7.02. The lowest BCUT2D eigenvalue weighted by atomic mass is 10.3. The SMILES string of the molecule is Cn1c(=O)[nH]c2cc(S(=O)(=O)NC3(C)CC3)ccc21. The highest BCUT2D eigenvalue weighted by Gasteiger charge is 2.41. The molecule has 0 spiro atoms. The zero-order valence-corrected chi connectivity index (χ0v) is 11.5. The van der Waals surface area contributed by atoms with Crippen molar-refractivity contribution in [1.29, 1.82) is 0 Å². The number of hydrogen-bond acceptors (Lipinski definition) is 3. The van der Waals surface area contributed by atoms with Gasteiger partial charge in [0.05, 0.1) is 15.9 Å². The van der Waals surface area contributed by atoms with E-state index in [0.717, 1.165) is 12.8 Å². The Labute approximate surface area is 110 Å². The molecule has 0 atom stereocenters. The Balaban J connectivity index is 2.08. The van der Waals surface area contributed by atoms with Crippen LogP contribution in [0.1, 0.15) is 19.8 Å². The van der Waals surface area contributed by atoms with Crippen LogP contribution in [0.2, 0.25) is 0 Å². The van der Waals surface area contributed by atoms with E-state index in [9.17, 15) is 13.2 Å². The molecule has 0 bridgehead atoms. The number of H-pyrrole nitrogens is 1. The van der Waals surface area contributed by atoms with Crippen molar-refractivity contribution in [1.82, 2.24) is 14.3 Å². The van der Waals surface area contributed by atoms with Crippen LogP contribution < -0.4 is 10.4 Å². The second kappa shape index (κ2) is 3.71. The van der Waals surface area contributed by atoms with Gasteiger partial charge in [0.1, 0.15) is 0 Å². The molecule has 0 unspecified atom stereocenters. The van der Waals surface area contributed by atoms with Crippen molar-refractivity contribution in [3.63, 3.8) is 0 Å². The van der Waals surface area contributed by atoms with E-state index in [0.29, 0.717) is 11.0 Å². The van der Waals surface area contributed by atoms with Gasteiger partial charge >= 0.3 is 5.69 Å². The largest absolute Gasteiger partial charge is 0.326 e. The highest BCUT2D eigenvalue weighted by atomic mass is 32.2. The zero-order valence-electron chi connectivity index (χ0n) is 10.7. The van der Waals surface area contributed by atoms with E-state index >= 15 is 0 Å². The molecule has 0 radical (unpaired) electrons. The van der Waals surface area contributed by atoms with Crippen molar-refractivity contribution in [3.8, 4) is 0 Å². The molecule has 2 aromatic rings. The van der Waals surface area contributed by atoms with Gasteiger partial charge in [-0.15, -0.1) is 0 Å². The lowest BCUT2D eigenvalue weighted by molar-refractivity contribution is 0.558. The highest BCUT2D eigenvalue weighted by molar-refractivity contribution is 7.89. The summed E-state index contributed by atoms with van der Waals surface area (Å²) in [5.74, 6) is 0. The van der Waals surface area contributed by atoms with Crippen LogP contribution in [0, 0.1) is 0 Å². The Morgan fingerprint density at radius 3 is 2.68 bits per heavy atom. The van der Waals surface area contributed by atoms with Gasteiger partial charge in [-0.05, 0) is 38.0 Å². The maximum absolute atomic E-state index is 12.2. The maximum Gasteiger partial charge on any atom is 0.326 e. The third-order valence-corrected chi connectivity index (χ3v) is 5.20. The van der Waals surface area contributed by atoms with E-state index < -0.39 is 10.0 Å². The second-order valence-electron chi connectivity index (χ2n) is 5.33. The number of aromatic nitrogens is 2. The van der Waals surface area contributed by atoms with Crippen LogP contribution in [0.15, 0.2) is 27.9 Å². The number of sulfonamides is 1. The van der Waals surface area contributed by atoms with E-state index in [1.165, 1.54) is 16.7 Å². The molecule has 0 aliphatic heterocycles. The van der Waals surface area contributed by atoms with E-state index in [-0.39, 0.29) is 16.1 Å². The summed E-state index contributed by atoms with van der Waals surface area (Å²) in [6.07, 6.45) is 1.72. The Morgan fingerprint density at radius 2 is 2.05 bits per heavy atom. The standard InChI is InChI=1S/C12H15N3O3S/c1-12(5-6-12)14-19(17,18)8-3-4-10-9(7-8)13-11(16)15(10)2/h3-4,7,14H,5-6H2,1-2H3,(H,13,16). The van der Waals surface area contributed by atoms with E-state index in [4.69, 9.17) is 0 Å². The fourth-order valence-corrected chi connectivity index (χ4v) is 3.55. The summed E-state index contributed by atoms with van der Waals surface area (Å²) in [5.41, 5.74) is 0.641.